The van der Waals surface area contributed by atoms with Crippen molar-refractivity contribution < 1.29 is 18.7 Å². The molecule has 1 N–H and O–H groups in total. The van der Waals surface area contributed by atoms with Crippen LogP contribution in [-0.2, 0) is 16.1 Å². The largest absolute Gasteiger partial charge is 0.469 e. The van der Waals surface area contributed by atoms with Gasteiger partial charge in [-0.1, -0.05) is 25.1 Å². The minimum Gasteiger partial charge on any atom is -0.469 e. The van der Waals surface area contributed by atoms with Crippen LogP contribution in [-0.4, -0.2) is 30.6 Å². The first-order chi connectivity index (χ1) is 11.1. The minimum absolute atomic E-state index is 0.228. The number of hydrogen-bond acceptors (Lipinski definition) is 4. The van der Waals surface area contributed by atoms with Gasteiger partial charge in [-0.3, -0.25) is 4.79 Å². The summed E-state index contributed by atoms with van der Waals surface area (Å²) >= 11 is 0. The van der Waals surface area contributed by atoms with Crippen molar-refractivity contribution in [2.75, 3.05) is 19.0 Å². The van der Waals surface area contributed by atoms with Crippen LogP contribution in [0.5, 0.6) is 0 Å². The molecule has 23 heavy (non-hydrogen) atoms. The van der Waals surface area contributed by atoms with Gasteiger partial charge in [0.1, 0.15) is 5.76 Å². The summed E-state index contributed by atoms with van der Waals surface area (Å²) in [7, 11) is 1.33. The molecule has 1 aromatic heterocycles. The average molecular weight is 316 g/mol. The lowest BCUT2D eigenvalue weighted by atomic mass is 10.1. The molecule has 122 valence electrons. The number of para-hydroxylation sites is 1. The number of anilines is 1. The number of amides is 2. The fraction of sp³-hybridized carbons (Fsp3) is 0.294. The van der Waals surface area contributed by atoms with Gasteiger partial charge in [0.15, 0.2) is 0 Å². The number of carbonyl (C=O) groups is 2. The van der Waals surface area contributed by atoms with E-state index in [1.54, 1.807) is 37.5 Å². The average Bonchev–Trinajstić information content (AvgIpc) is 3.07. The van der Waals surface area contributed by atoms with Crippen LogP contribution < -0.4 is 5.32 Å². The number of nitrogens with one attached hydrogen (secondary N) is 1. The van der Waals surface area contributed by atoms with Crippen LogP contribution in [0.4, 0.5) is 10.5 Å². The molecule has 2 rings (SSSR count). The number of urea groups is 1. The molecule has 6 nitrogen and oxygen atoms in total. The zero-order valence-corrected chi connectivity index (χ0v) is 13.2. The van der Waals surface area contributed by atoms with Crippen LogP contribution in [0, 0.1) is 5.92 Å². The van der Waals surface area contributed by atoms with E-state index in [9.17, 15) is 9.59 Å². The van der Waals surface area contributed by atoms with E-state index < -0.39 is 5.92 Å². The van der Waals surface area contributed by atoms with Gasteiger partial charge in [0.25, 0.3) is 0 Å². The molecule has 0 bridgehead atoms. The number of hydrogen-bond donors (Lipinski definition) is 1. The summed E-state index contributed by atoms with van der Waals surface area (Å²) < 4.78 is 10.0. The van der Waals surface area contributed by atoms with E-state index in [2.05, 4.69) is 5.32 Å². The minimum atomic E-state index is -0.434. The van der Waals surface area contributed by atoms with Crippen LogP contribution in [0.25, 0.3) is 0 Å². The summed E-state index contributed by atoms with van der Waals surface area (Å²) in [6.45, 7) is 2.22. The lowest BCUT2D eigenvalue weighted by Crippen LogP contribution is -2.39. The molecule has 2 aromatic rings. The molecule has 1 aromatic carbocycles. The Morgan fingerprint density at radius 3 is 2.57 bits per heavy atom. The van der Waals surface area contributed by atoms with Gasteiger partial charge in [0, 0.05) is 12.2 Å². The summed E-state index contributed by atoms with van der Waals surface area (Å²) in [5.41, 5.74) is 0.688. The van der Waals surface area contributed by atoms with Crippen LogP contribution in [0.15, 0.2) is 53.1 Å². The smallest absolute Gasteiger partial charge is 0.322 e. The molecule has 0 aliphatic carbocycles. The summed E-state index contributed by atoms with van der Waals surface area (Å²) in [4.78, 5) is 25.7. The molecule has 0 saturated heterocycles. The van der Waals surface area contributed by atoms with E-state index in [0.717, 1.165) is 0 Å². The standard InChI is InChI=1S/C17H20N2O4/c1-13(16(20)22-2)11-19(12-15-9-6-10-23-15)17(21)18-14-7-4-3-5-8-14/h3-10,13H,11-12H2,1-2H3,(H,18,21). The first kappa shape index (κ1) is 16.6. The van der Waals surface area contributed by atoms with Crippen molar-refractivity contribution in [3.63, 3.8) is 0 Å². The molecular formula is C17H20N2O4. The Balaban J connectivity index is 2.08. The predicted molar refractivity (Wildman–Crippen MR) is 85.8 cm³/mol. The summed E-state index contributed by atoms with van der Waals surface area (Å²) in [6, 6.07) is 12.4. The molecule has 0 aliphatic rings. The highest BCUT2D eigenvalue weighted by Gasteiger charge is 2.22. The van der Waals surface area contributed by atoms with Crippen LogP contribution >= 0.6 is 0 Å². The molecule has 0 radical (unpaired) electrons. The number of carbonyl (C=O) groups excluding carboxylic acids is 2. The van der Waals surface area contributed by atoms with Crippen LogP contribution in [0.2, 0.25) is 0 Å². The zero-order chi connectivity index (χ0) is 16.7. The molecule has 1 heterocycles. The molecule has 1 atom stereocenters. The molecule has 1 unspecified atom stereocenters. The van der Waals surface area contributed by atoms with E-state index in [1.165, 1.54) is 12.0 Å². The molecule has 6 heteroatoms. The topological polar surface area (TPSA) is 71.8 Å². The zero-order valence-electron chi connectivity index (χ0n) is 13.2. The number of furan rings is 1. The first-order valence-corrected chi connectivity index (χ1v) is 7.31. The maximum atomic E-state index is 12.5. The summed E-state index contributed by atoms with van der Waals surface area (Å²) in [5.74, 6) is -0.149. The Bertz CT molecular complexity index is 625. The maximum absolute atomic E-state index is 12.5. The molecule has 2 amide bonds. The maximum Gasteiger partial charge on any atom is 0.322 e. The summed E-state index contributed by atoms with van der Waals surface area (Å²) in [5, 5.41) is 2.81. The van der Waals surface area contributed by atoms with Crippen molar-refractivity contribution in [1.29, 1.82) is 0 Å². The Hall–Kier alpha value is -2.76. The Labute approximate surface area is 135 Å². The fourth-order valence-corrected chi connectivity index (χ4v) is 2.14. The number of benzene rings is 1. The predicted octanol–water partition coefficient (Wildman–Crippen LogP) is 3.12. The SMILES string of the molecule is COC(=O)C(C)CN(Cc1ccco1)C(=O)Nc1ccccc1. The number of rotatable bonds is 6. The van der Waals surface area contributed by atoms with E-state index in [1.807, 2.05) is 18.2 Å². The normalized spacial score (nSPS) is 11.6. The van der Waals surface area contributed by atoms with E-state index in [0.29, 0.717) is 11.4 Å². The van der Waals surface area contributed by atoms with E-state index in [-0.39, 0.29) is 25.1 Å². The molecule has 0 aliphatic heterocycles. The second-order valence-corrected chi connectivity index (χ2v) is 5.18. The third kappa shape index (κ3) is 4.88. The van der Waals surface area contributed by atoms with Crippen LogP contribution in [0.1, 0.15) is 12.7 Å². The van der Waals surface area contributed by atoms with Gasteiger partial charge in [0.2, 0.25) is 0 Å². The van der Waals surface area contributed by atoms with E-state index >= 15 is 0 Å². The van der Waals surface area contributed by atoms with Gasteiger partial charge in [-0.2, -0.15) is 0 Å². The lowest BCUT2D eigenvalue weighted by Gasteiger charge is -2.24. The Kier molecular flexibility index (Phi) is 5.80. The van der Waals surface area contributed by atoms with Crippen molar-refractivity contribution >= 4 is 17.7 Å². The Morgan fingerprint density at radius 1 is 1.22 bits per heavy atom. The number of ether oxygens (including phenoxy) is 1. The highest BCUT2D eigenvalue weighted by atomic mass is 16.5. The lowest BCUT2D eigenvalue weighted by molar-refractivity contribution is -0.145. The third-order valence-corrected chi connectivity index (χ3v) is 3.34. The second kappa shape index (κ2) is 8.03. The van der Waals surface area contributed by atoms with Gasteiger partial charge in [0.05, 0.1) is 25.8 Å². The van der Waals surface area contributed by atoms with Gasteiger partial charge < -0.3 is 19.4 Å². The highest BCUT2D eigenvalue weighted by molar-refractivity contribution is 5.89. The molecular weight excluding hydrogens is 296 g/mol. The van der Waals surface area contributed by atoms with Crippen molar-refractivity contribution in [2.45, 2.75) is 13.5 Å². The van der Waals surface area contributed by atoms with Crippen molar-refractivity contribution in [3.05, 3.63) is 54.5 Å². The highest BCUT2D eigenvalue weighted by Crippen LogP contribution is 2.13. The number of esters is 1. The van der Waals surface area contributed by atoms with Gasteiger partial charge in [-0.15, -0.1) is 0 Å². The number of nitrogens with zero attached hydrogens (tertiary/aromatic N) is 1. The number of methoxy groups -OCH3 is 1. The van der Waals surface area contributed by atoms with Crippen LogP contribution in [0.3, 0.4) is 0 Å². The monoisotopic (exact) mass is 316 g/mol. The fourth-order valence-electron chi connectivity index (χ4n) is 2.14. The quantitative estimate of drug-likeness (QED) is 0.831. The second-order valence-electron chi connectivity index (χ2n) is 5.18. The van der Waals surface area contributed by atoms with Gasteiger partial charge in [-0.25, -0.2) is 4.79 Å². The molecule has 0 saturated carbocycles. The molecule has 0 fully saturated rings. The first-order valence-electron chi connectivity index (χ1n) is 7.31. The van der Waals surface area contributed by atoms with Gasteiger partial charge >= 0.3 is 12.0 Å². The summed E-state index contributed by atoms with van der Waals surface area (Å²) in [6.07, 6.45) is 1.55. The third-order valence-electron chi connectivity index (χ3n) is 3.34. The Morgan fingerprint density at radius 2 is 1.96 bits per heavy atom. The van der Waals surface area contributed by atoms with Gasteiger partial charge in [-0.05, 0) is 24.3 Å². The molecule has 0 spiro atoms. The van der Waals surface area contributed by atoms with Crippen molar-refractivity contribution in [3.8, 4) is 0 Å². The van der Waals surface area contributed by atoms with Crippen molar-refractivity contribution in [2.24, 2.45) is 5.92 Å². The van der Waals surface area contributed by atoms with E-state index in [4.69, 9.17) is 9.15 Å². The van der Waals surface area contributed by atoms with Crippen molar-refractivity contribution in [1.82, 2.24) is 4.90 Å².